The van der Waals surface area contributed by atoms with Crippen LogP contribution in [0.3, 0.4) is 0 Å². The molecule has 0 spiro atoms. The molecule has 0 bridgehead atoms. The Morgan fingerprint density at radius 2 is 1.68 bits per heavy atom. The van der Waals surface area contributed by atoms with Crippen LogP contribution >= 0.6 is 0 Å². The number of hydrogen-bond donors (Lipinski definition) is 0. The lowest BCUT2D eigenvalue weighted by Gasteiger charge is -2.13. The number of methoxy groups -OCH3 is 2. The fourth-order valence-corrected chi connectivity index (χ4v) is 2.65. The van der Waals surface area contributed by atoms with Gasteiger partial charge in [-0.3, -0.25) is 0 Å². The van der Waals surface area contributed by atoms with Gasteiger partial charge in [-0.1, -0.05) is 66.3 Å². The second-order valence-corrected chi connectivity index (χ2v) is 6.70. The summed E-state index contributed by atoms with van der Waals surface area (Å²) in [5.74, 6) is 12.0. The van der Waals surface area contributed by atoms with Gasteiger partial charge in [0.05, 0.1) is 5.57 Å². The molecule has 0 fully saturated rings. The normalized spacial score (nSPS) is 11.5. The van der Waals surface area contributed by atoms with Crippen molar-refractivity contribution < 1.29 is 19.0 Å². The standard InChI is InChI=1S/C27H28O4/c1-29-20-12-4-3-11-17-25(21-24-15-9-6-10-16-24)26(31-27(28)22-30-2)19-18-23-13-7-5-8-14-23/h5-10,13-16,21,26H,3-4,12,20,22H2,1-2H3/b25-21-. The molecular weight excluding hydrogens is 388 g/mol. The molecule has 0 saturated heterocycles. The molecule has 4 nitrogen and oxygen atoms in total. The van der Waals surface area contributed by atoms with Crippen molar-refractivity contribution in [2.45, 2.75) is 25.4 Å². The molecule has 160 valence electrons. The zero-order chi connectivity index (χ0) is 22.2. The fraction of sp³-hybridized carbons (Fsp3) is 0.296. The molecule has 1 atom stereocenters. The summed E-state index contributed by atoms with van der Waals surface area (Å²) in [6.07, 6.45) is 3.72. The molecule has 2 rings (SSSR count). The Balaban J connectivity index is 2.34. The van der Waals surface area contributed by atoms with Gasteiger partial charge in [0.25, 0.3) is 0 Å². The van der Waals surface area contributed by atoms with E-state index in [4.69, 9.17) is 14.2 Å². The van der Waals surface area contributed by atoms with Crippen molar-refractivity contribution in [3.63, 3.8) is 0 Å². The minimum Gasteiger partial charge on any atom is -0.442 e. The van der Waals surface area contributed by atoms with E-state index in [0.717, 1.165) is 30.4 Å². The number of carbonyl (C=O) groups excluding carboxylic acids is 1. The highest BCUT2D eigenvalue weighted by Crippen LogP contribution is 2.13. The summed E-state index contributed by atoms with van der Waals surface area (Å²) in [5.41, 5.74) is 2.42. The van der Waals surface area contributed by atoms with Gasteiger partial charge >= 0.3 is 5.97 Å². The zero-order valence-corrected chi connectivity index (χ0v) is 18.1. The minimum absolute atomic E-state index is 0.146. The topological polar surface area (TPSA) is 44.8 Å². The first-order chi connectivity index (χ1) is 15.2. The molecule has 0 radical (unpaired) electrons. The van der Waals surface area contributed by atoms with Crippen LogP contribution in [0, 0.1) is 23.7 Å². The predicted octanol–water partition coefficient (Wildman–Crippen LogP) is 4.50. The minimum atomic E-state index is -0.797. The van der Waals surface area contributed by atoms with Crippen molar-refractivity contribution >= 4 is 12.0 Å². The SMILES string of the molecule is COCCCCC#C/C(=C/c1ccccc1)C(C#Cc1ccccc1)OC(=O)COC. The molecular formula is C27H28O4. The number of rotatable bonds is 9. The summed E-state index contributed by atoms with van der Waals surface area (Å²) in [5, 5.41) is 0. The predicted molar refractivity (Wildman–Crippen MR) is 123 cm³/mol. The molecule has 0 aliphatic heterocycles. The van der Waals surface area contributed by atoms with Crippen molar-refractivity contribution in [1.29, 1.82) is 0 Å². The van der Waals surface area contributed by atoms with E-state index in [9.17, 15) is 4.79 Å². The molecule has 0 saturated carbocycles. The van der Waals surface area contributed by atoms with E-state index in [2.05, 4.69) is 23.7 Å². The van der Waals surface area contributed by atoms with Gasteiger partial charge in [0.15, 0.2) is 6.10 Å². The Morgan fingerprint density at radius 3 is 2.35 bits per heavy atom. The maximum atomic E-state index is 12.2. The van der Waals surface area contributed by atoms with Crippen molar-refractivity contribution in [2.24, 2.45) is 0 Å². The molecule has 0 amide bonds. The van der Waals surface area contributed by atoms with E-state index in [1.165, 1.54) is 7.11 Å². The quantitative estimate of drug-likeness (QED) is 0.343. The largest absolute Gasteiger partial charge is 0.442 e. The van der Waals surface area contributed by atoms with Crippen LogP contribution in [-0.4, -0.2) is 39.5 Å². The van der Waals surface area contributed by atoms with E-state index in [1.807, 2.05) is 66.7 Å². The van der Waals surface area contributed by atoms with Gasteiger partial charge in [-0.15, -0.1) is 0 Å². The summed E-state index contributed by atoms with van der Waals surface area (Å²) in [6, 6.07) is 19.4. The first-order valence-electron chi connectivity index (χ1n) is 10.2. The molecule has 0 N–H and O–H groups in total. The van der Waals surface area contributed by atoms with Crippen LogP contribution in [0.1, 0.15) is 30.4 Å². The smallest absolute Gasteiger partial charge is 0.333 e. The summed E-state index contributed by atoms with van der Waals surface area (Å²) >= 11 is 0. The van der Waals surface area contributed by atoms with Crippen LogP contribution in [0.4, 0.5) is 0 Å². The Kier molecular flexibility index (Phi) is 11.3. The fourth-order valence-electron chi connectivity index (χ4n) is 2.65. The van der Waals surface area contributed by atoms with E-state index < -0.39 is 12.1 Å². The third-order valence-electron chi connectivity index (χ3n) is 4.17. The molecule has 0 aliphatic carbocycles. The van der Waals surface area contributed by atoms with Gasteiger partial charge in [0.2, 0.25) is 0 Å². The molecule has 2 aromatic carbocycles. The van der Waals surface area contributed by atoms with Crippen LogP contribution in [0.2, 0.25) is 0 Å². The number of hydrogen-bond acceptors (Lipinski definition) is 4. The third-order valence-corrected chi connectivity index (χ3v) is 4.17. The van der Waals surface area contributed by atoms with Gasteiger partial charge in [0.1, 0.15) is 6.61 Å². The highest BCUT2D eigenvalue weighted by molar-refractivity contribution is 5.73. The summed E-state index contributed by atoms with van der Waals surface area (Å²) in [4.78, 5) is 12.2. The highest BCUT2D eigenvalue weighted by Gasteiger charge is 2.16. The molecule has 1 unspecified atom stereocenters. The number of benzene rings is 2. The van der Waals surface area contributed by atoms with E-state index in [0.29, 0.717) is 12.2 Å². The molecule has 0 aliphatic rings. The Bertz CT molecular complexity index is 941. The van der Waals surface area contributed by atoms with Gasteiger partial charge < -0.3 is 14.2 Å². The molecule has 0 aromatic heterocycles. The Labute approximate surface area is 185 Å². The molecule has 2 aromatic rings. The Hall–Kier alpha value is -3.31. The van der Waals surface area contributed by atoms with Crippen molar-refractivity contribution in [2.75, 3.05) is 27.4 Å². The molecule has 31 heavy (non-hydrogen) atoms. The monoisotopic (exact) mass is 416 g/mol. The van der Waals surface area contributed by atoms with Crippen molar-refractivity contribution in [3.8, 4) is 23.7 Å². The highest BCUT2D eigenvalue weighted by atomic mass is 16.6. The van der Waals surface area contributed by atoms with Crippen LogP contribution in [0.25, 0.3) is 6.08 Å². The van der Waals surface area contributed by atoms with Gasteiger partial charge in [-0.05, 0) is 42.5 Å². The van der Waals surface area contributed by atoms with E-state index in [1.54, 1.807) is 7.11 Å². The average Bonchev–Trinajstić information content (AvgIpc) is 2.80. The first kappa shape index (κ1) is 24.0. The number of unbranched alkanes of at least 4 members (excludes halogenated alkanes) is 2. The van der Waals surface area contributed by atoms with Crippen LogP contribution in [-0.2, 0) is 19.0 Å². The Morgan fingerprint density at radius 1 is 0.968 bits per heavy atom. The second kappa shape index (κ2) is 14.6. The van der Waals surface area contributed by atoms with Crippen LogP contribution < -0.4 is 0 Å². The maximum Gasteiger partial charge on any atom is 0.333 e. The van der Waals surface area contributed by atoms with Crippen LogP contribution in [0.15, 0.2) is 66.2 Å². The van der Waals surface area contributed by atoms with Gasteiger partial charge in [0, 0.05) is 32.8 Å². The van der Waals surface area contributed by atoms with E-state index in [-0.39, 0.29) is 6.61 Å². The lowest BCUT2D eigenvalue weighted by Crippen LogP contribution is -2.21. The average molecular weight is 417 g/mol. The summed E-state index contributed by atoms with van der Waals surface area (Å²) in [7, 11) is 3.14. The van der Waals surface area contributed by atoms with Crippen LogP contribution in [0.5, 0.6) is 0 Å². The summed E-state index contributed by atoms with van der Waals surface area (Å²) < 4.78 is 15.6. The lowest BCUT2D eigenvalue weighted by molar-refractivity contribution is -0.149. The van der Waals surface area contributed by atoms with Gasteiger partial charge in [-0.25, -0.2) is 4.79 Å². The zero-order valence-electron chi connectivity index (χ0n) is 18.1. The van der Waals surface area contributed by atoms with Crippen molar-refractivity contribution in [1.82, 2.24) is 0 Å². The number of carbonyl (C=O) groups is 1. The molecule has 0 heterocycles. The first-order valence-corrected chi connectivity index (χ1v) is 10.2. The second-order valence-electron chi connectivity index (χ2n) is 6.70. The molecule has 4 heteroatoms. The lowest BCUT2D eigenvalue weighted by atomic mass is 10.0. The third kappa shape index (κ3) is 9.83. The maximum absolute atomic E-state index is 12.2. The van der Waals surface area contributed by atoms with Gasteiger partial charge in [-0.2, -0.15) is 0 Å². The number of esters is 1. The summed E-state index contributed by atoms with van der Waals surface area (Å²) in [6.45, 7) is 0.570. The van der Waals surface area contributed by atoms with Crippen molar-refractivity contribution in [3.05, 3.63) is 77.4 Å². The van der Waals surface area contributed by atoms with E-state index >= 15 is 0 Å². The number of ether oxygens (including phenoxy) is 3.